The van der Waals surface area contributed by atoms with Crippen molar-refractivity contribution in [1.29, 1.82) is 0 Å². The largest absolute Gasteiger partial charge is 0.490 e. The van der Waals surface area contributed by atoms with Gasteiger partial charge in [0, 0.05) is 12.2 Å². The normalized spacial score (nSPS) is 10.6. The Labute approximate surface area is 187 Å². The number of ether oxygens (including phenoxy) is 2. The molecule has 3 rings (SSSR count). The highest BCUT2D eigenvalue weighted by Crippen LogP contribution is 2.37. The molecule has 2 N–H and O–H groups in total. The summed E-state index contributed by atoms with van der Waals surface area (Å²) in [5, 5.41) is 13.1. The predicted octanol–water partition coefficient (Wildman–Crippen LogP) is 6.24. The molecule has 3 aromatic carbocycles. The fraction of sp³-hybridized carbons (Fsp3) is 0.240. The molecule has 3 aromatic rings. The van der Waals surface area contributed by atoms with Gasteiger partial charge in [-0.15, -0.1) is 0 Å². The van der Waals surface area contributed by atoms with Crippen LogP contribution in [0.15, 0.2) is 54.6 Å². The van der Waals surface area contributed by atoms with Crippen molar-refractivity contribution < 1.29 is 19.4 Å². The highest BCUT2D eigenvalue weighted by molar-refractivity contribution is 6.32. The maximum Gasteiger partial charge on any atom is 0.336 e. The lowest BCUT2D eigenvalue weighted by molar-refractivity contribution is 0.0696. The van der Waals surface area contributed by atoms with E-state index in [-0.39, 0.29) is 5.56 Å². The van der Waals surface area contributed by atoms with Crippen LogP contribution < -0.4 is 14.8 Å². The Kier molecular flexibility index (Phi) is 7.42. The number of aromatic carboxylic acids is 1. The summed E-state index contributed by atoms with van der Waals surface area (Å²) in [6.45, 7) is 7.07. The van der Waals surface area contributed by atoms with E-state index >= 15 is 0 Å². The average molecular weight is 440 g/mol. The maximum absolute atomic E-state index is 11.4. The lowest BCUT2D eigenvalue weighted by Gasteiger charge is -2.17. The monoisotopic (exact) mass is 439 g/mol. The van der Waals surface area contributed by atoms with Crippen LogP contribution in [0.3, 0.4) is 0 Å². The number of carboxylic acids is 1. The van der Waals surface area contributed by atoms with E-state index in [0.29, 0.717) is 41.8 Å². The van der Waals surface area contributed by atoms with Crippen molar-refractivity contribution in [3.05, 3.63) is 87.4 Å². The summed E-state index contributed by atoms with van der Waals surface area (Å²) < 4.78 is 11.8. The molecule has 0 aliphatic heterocycles. The summed E-state index contributed by atoms with van der Waals surface area (Å²) in [6, 6.07) is 16.9. The fourth-order valence-corrected chi connectivity index (χ4v) is 3.59. The minimum atomic E-state index is -0.946. The van der Waals surface area contributed by atoms with Gasteiger partial charge in [0.2, 0.25) is 0 Å². The number of carboxylic acid groups (broad SMARTS) is 1. The Morgan fingerprint density at radius 1 is 1.06 bits per heavy atom. The van der Waals surface area contributed by atoms with Crippen molar-refractivity contribution in [3.63, 3.8) is 0 Å². The number of hydrogen-bond donors (Lipinski definition) is 2. The van der Waals surface area contributed by atoms with Crippen LogP contribution in [-0.4, -0.2) is 17.7 Å². The second-order valence-corrected chi connectivity index (χ2v) is 7.60. The molecule has 5 nitrogen and oxygen atoms in total. The Hall–Kier alpha value is -3.18. The molecule has 0 bridgehead atoms. The number of halogens is 1. The number of nitrogens with one attached hydrogen (secondary N) is 1. The Balaban J connectivity index is 1.79. The molecule has 162 valence electrons. The van der Waals surface area contributed by atoms with Gasteiger partial charge in [-0.2, -0.15) is 0 Å². The molecule has 0 amide bonds. The standard InChI is InChI=1S/C25H26ClNO4/c1-4-30-23-13-18(14-27-22-11-7-10-20(17(22)3)25(28)29)12-21(26)24(23)31-15-19-9-6-5-8-16(19)2/h5-13,27H,4,14-15H2,1-3H3,(H,28,29). The van der Waals surface area contributed by atoms with Gasteiger partial charge in [-0.05, 0) is 67.3 Å². The van der Waals surface area contributed by atoms with Gasteiger partial charge in [0.05, 0.1) is 17.2 Å². The molecule has 0 heterocycles. The van der Waals surface area contributed by atoms with Crippen molar-refractivity contribution in [3.8, 4) is 11.5 Å². The molecule has 0 fully saturated rings. The average Bonchev–Trinajstić information content (AvgIpc) is 2.73. The van der Waals surface area contributed by atoms with Crippen LogP contribution in [0.4, 0.5) is 5.69 Å². The Morgan fingerprint density at radius 3 is 2.55 bits per heavy atom. The minimum absolute atomic E-state index is 0.276. The first-order chi connectivity index (χ1) is 14.9. The number of aryl methyl sites for hydroxylation is 1. The zero-order chi connectivity index (χ0) is 22.4. The van der Waals surface area contributed by atoms with Gasteiger partial charge in [-0.25, -0.2) is 4.79 Å². The van der Waals surface area contributed by atoms with Gasteiger partial charge in [-0.3, -0.25) is 0 Å². The van der Waals surface area contributed by atoms with Crippen LogP contribution in [0.25, 0.3) is 0 Å². The van der Waals surface area contributed by atoms with E-state index < -0.39 is 5.97 Å². The van der Waals surface area contributed by atoms with Gasteiger partial charge in [0.25, 0.3) is 0 Å². The molecular weight excluding hydrogens is 414 g/mol. The van der Waals surface area contributed by atoms with Gasteiger partial charge in [-0.1, -0.05) is 41.9 Å². The summed E-state index contributed by atoms with van der Waals surface area (Å²) in [4.78, 5) is 11.4. The van der Waals surface area contributed by atoms with E-state index in [1.807, 2.05) is 56.3 Å². The highest BCUT2D eigenvalue weighted by atomic mass is 35.5. The van der Waals surface area contributed by atoms with Crippen LogP contribution in [-0.2, 0) is 13.2 Å². The molecule has 0 atom stereocenters. The molecule has 0 saturated heterocycles. The third-order valence-electron chi connectivity index (χ3n) is 5.05. The van der Waals surface area contributed by atoms with E-state index in [1.165, 1.54) is 0 Å². The van der Waals surface area contributed by atoms with Crippen LogP contribution in [0.2, 0.25) is 5.02 Å². The first kappa shape index (κ1) is 22.5. The predicted molar refractivity (Wildman–Crippen MR) is 124 cm³/mol. The summed E-state index contributed by atoms with van der Waals surface area (Å²) in [7, 11) is 0. The van der Waals surface area contributed by atoms with E-state index in [2.05, 4.69) is 5.32 Å². The summed E-state index contributed by atoms with van der Waals surface area (Å²) >= 11 is 6.55. The Bertz CT molecular complexity index is 1080. The van der Waals surface area contributed by atoms with E-state index in [4.69, 9.17) is 21.1 Å². The van der Waals surface area contributed by atoms with Crippen molar-refractivity contribution in [2.75, 3.05) is 11.9 Å². The maximum atomic E-state index is 11.4. The van der Waals surface area contributed by atoms with Crippen LogP contribution in [0, 0.1) is 13.8 Å². The molecule has 31 heavy (non-hydrogen) atoms. The lowest BCUT2D eigenvalue weighted by atomic mass is 10.1. The molecule has 0 saturated carbocycles. The smallest absolute Gasteiger partial charge is 0.336 e. The quantitative estimate of drug-likeness (QED) is 0.412. The molecule has 0 spiro atoms. The molecule has 6 heteroatoms. The summed E-state index contributed by atoms with van der Waals surface area (Å²) in [6.07, 6.45) is 0. The number of anilines is 1. The zero-order valence-corrected chi connectivity index (χ0v) is 18.6. The zero-order valence-electron chi connectivity index (χ0n) is 17.9. The van der Waals surface area contributed by atoms with Gasteiger partial charge < -0.3 is 19.9 Å². The number of benzene rings is 3. The molecule has 0 aliphatic carbocycles. The molecule has 0 radical (unpaired) electrons. The SMILES string of the molecule is CCOc1cc(CNc2cccc(C(=O)O)c2C)cc(Cl)c1OCc1ccccc1C. The fourth-order valence-electron chi connectivity index (χ4n) is 3.30. The van der Waals surface area contributed by atoms with E-state index in [0.717, 1.165) is 22.4 Å². The molecule has 0 aliphatic rings. The highest BCUT2D eigenvalue weighted by Gasteiger charge is 2.15. The lowest BCUT2D eigenvalue weighted by Crippen LogP contribution is -2.07. The van der Waals surface area contributed by atoms with Gasteiger partial charge in [0.1, 0.15) is 6.61 Å². The topological polar surface area (TPSA) is 67.8 Å². The Morgan fingerprint density at radius 2 is 1.84 bits per heavy atom. The van der Waals surface area contributed by atoms with Crippen molar-refractivity contribution in [1.82, 2.24) is 0 Å². The first-order valence-corrected chi connectivity index (χ1v) is 10.5. The van der Waals surface area contributed by atoms with E-state index in [1.54, 1.807) is 19.1 Å². The summed E-state index contributed by atoms with van der Waals surface area (Å²) in [5.74, 6) is 0.147. The summed E-state index contributed by atoms with van der Waals surface area (Å²) in [5.41, 5.74) is 4.85. The van der Waals surface area contributed by atoms with Crippen LogP contribution in [0.5, 0.6) is 11.5 Å². The van der Waals surface area contributed by atoms with Crippen molar-refractivity contribution in [2.24, 2.45) is 0 Å². The van der Waals surface area contributed by atoms with Crippen molar-refractivity contribution >= 4 is 23.3 Å². The number of hydrogen-bond acceptors (Lipinski definition) is 4. The molecule has 0 aromatic heterocycles. The van der Waals surface area contributed by atoms with Crippen molar-refractivity contribution in [2.45, 2.75) is 33.9 Å². The number of rotatable bonds is 9. The molecule has 0 unspecified atom stereocenters. The van der Waals surface area contributed by atoms with E-state index in [9.17, 15) is 9.90 Å². The third-order valence-corrected chi connectivity index (χ3v) is 5.33. The van der Waals surface area contributed by atoms with Crippen LogP contribution in [0.1, 0.15) is 39.5 Å². The second-order valence-electron chi connectivity index (χ2n) is 7.19. The van der Waals surface area contributed by atoms with Gasteiger partial charge >= 0.3 is 5.97 Å². The van der Waals surface area contributed by atoms with Crippen LogP contribution >= 0.6 is 11.6 Å². The second kappa shape index (κ2) is 10.2. The molecular formula is C25H26ClNO4. The first-order valence-electron chi connectivity index (χ1n) is 10.1. The number of carbonyl (C=O) groups is 1. The third kappa shape index (κ3) is 5.50. The minimum Gasteiger partial charge on any atom is -0.490 e. The van der Waals surface area contributed by atoms with Gasteiger partial charge in [0.15, 0.2) is 11.5 Å².